The summed E-state index contributed by atoms with van der Waals surface area (Å²) < 4.78 is 2.96. The van der Waals surface area contributed by atoms with E-state index in [0.717, 1.165) is 53.0 Å². The van der Waals surface area contributed by atoms with Crippen LogP contribution in [0.5, 0.6) is 0 Å². The molecular formula is C19H16BrCl2N3. The number of para-hydroxylation sites is 1. The fourth-order valence-electron chi connectivity index (χ4n) is 3.20. The summed E-state index contributed by atoms with van der Waals surface area (Å²) in [4.78, 5) is 0. The van der Waals surface area contributed by atoms with Crippen LogP contribution in [0.4, 0.5) is 5.82 Å². The summed E-state index contributed by atoms with van der Waals surface area (Å²) in [5.74, 6) is 1.04. The molecule has 1 aliphatic heterocycles. The molecule has 2 aromatic carbocycles. The van der Waals surface area contributed by atoms with Gasteiger partial charge in [0.25, 0.3) is 0 Å². The second-order valence-corrected chi connectivity index (χ2v) is 7.75. The number of fused-ring (bicyclic) bond motifs is 1. The molecule has 0 fully saturated rings. The highest BCUT2D eigenvalue weighted by Crippen LogP contribution is 2.38. The number of halogens is 3. The first-order valence-corrected chi connectivity index (χ1v) is 9.76. The lowest BCUT2D eigenvalue weighted by molar-refractivity contribution is 0.780. The van der Waals surface area contributed by atoms with Gasteiger partial charge in [-0.1, -0.05) is 35.3 Å². The molecule has 3 nitrogen and oxygen atoms in total. The minimum absolute atomic E-state index is 0.658. The molecule has 0 saturated carbocycles. The lowest BCUT2D eigenvalue weighted by Gasteiger charge is -2.10. The summed E-state index contributed by atoms with van der Waals surface area (Å²) in [5, 5.41) is 9.78. The number of hydrogen-bond donors (Lipinski definition) is 1. The number of benzene rings is 2. The Morgan fingerprint density at radius 1 is 1.08 bits per heavy atom. The summed E-state index contributed by atoms with van der Waals surface area (Å²) in [7, 11) is 0. The Labute approximate surface area is 165 Å². The molecule has 4 rings (SSSR count). The maximum atomic E-state index is 6.46. The molecule has 0 bridgehead atoms. The van der Waals surface area contributed by atoms with E-state index in [1.54, 1.807) is 6.07 Å². The number of hydrogen-bond acceptors (Lipinski definition) is 2. The Kier molecular flexibility index (Phi) is 4.76. The topological polar surface area (TPSA) is 29.9 Å². The van der Waals surface area contributed by atoms with E-state index in [1.807, 2.05) is 41.1 Å². The van der Waals surface area contributed by atoms with Gasteiger partial charge in [-0.05, 0) is 65.5 Å². The summed E-state index contributed by atoms with van der Waals surface area (Å²) in [6.45, 7) is 0.936. The monoisotopic (exact) mass is 435 g/mol. The molecule has 2 heterocycles. The zero-order valence-electron chi connectivity index (χ0n) is 13.4. The number of rotatable bonds is 2. The molecule has 1 aromatic heterocycles. The second-order valence-electron chi connectivity index (χ2n) is 6.05. The third-order valence-electron chi connectivity index (χ3n) is 4.39. The van der Waals surface area contributed by atoms with Gasteiger partial charge in [-0.3, -0.25) is 0 Å². The first kappa shape index (κ1) is 17.0. The Balaban J connectivity index is 1.97. The molecule has 3 aromatic rings. The lowest BCUT2D eigenvalue weighted by Crippen LogP contribution is -2.07. The molecule has 0 unspecified atom stereocenters. The van der Waals surface area contributed by atoms with Gasteiger partial charge in [-0.15, -0.1) is 0 Å². The van der Waals surface area contributed by atoms with Crippen LogP contribution in [0.1, 0.15) is 18.4 Å². The minimum atomic E-state index is 0.658. The van der Waals surface area contributed by atoms with Crippen molar-refractivity contribution in [2.45, 2.75) is 19.3 Å². The number of anilines is 1. The van der Waals surface area contributed by atoms with Gasteiger partial charge < -0.3 is 5.32 Å². The Bertz CT molecular complexity index is 936. The van der Waals surface area contributed by atoms with E-state index in [2.05, 4.69) is 21.2 Å². The fourth-order valence-corrected chi connectivity index (χ4v) is 4.03. The lowest BCUT2D eigenvalue weighted by atomic mass is 10.0. The third-order valence-corrected chi connectivity index (χ3v) is 5.63. The molecule has 0 aliphatic carbocycles. The molecular weight excluding hydrogens is 421 g/mol. The van der Waals surface area contributed by atoms with Crippen molar-refractivity contribution >= 4 is 44.9 Å². The molecule has 0 atom stereocenters. The van der Waals surface area contributed by atoms with Gasteiger partial charge in [-0.2, -0.15) is 5.10 Å². The number of nitrogens with zero attached hydrogens (tertiary/aromatic N) is 2. The minimum Gasteiger partial charge on any atom is -0.370 e. The highest BCUT2D eigenvalue weighted by atomic mass is 79.9. The van der Waals surface area contributed by atoms with Gasteiger partial charge in [0.2, 0.25) is 0 Å². The van der Waals surface area contributed by atoms with Crippen LogP contribution in [0.3, 0.4) is 0 Å². The van der Waals surface area contributed by atoms with Gasteiger partial charge in [-0.25, -0.2) is 4.68 Å². The summed E-state index contributed by atoms with van der Waals surface area (Å²) in [6, 6.07) is 13.6. The SMILES string of the molecule is Clc1ccc(Cl)c(-c2nn(-c3ccccc3Br)c3c2CCCCN3)c1. The average molecular weight is 437 g/mol. The third kappa shape index (κ3) is 3.19. The molecule has 0 saturated heterocycles. The molecule has 0 spiro atoms. The second kappa shape index (κ2) is 7.02. The first-order valence-electron chi connectivity index (χ1n) is 8.21. The standard InChI is InChI=1S/C19H16BrCl2N3/c20-15-6-1-2-7-17(15)25-19-13(5-3-4-10-23-19)18(24-25)14-11-12(21)8-9-16(14)22/h1-2,6-9,11,23H,3-5,10H2. The van der Waals surface area contributed by atoms with Gasteiger partial charge in [0.15, 0.2) is 0 Å². The van der Waals surface area contributed by atoms with Crippen molar-refractivity contribution < 1.29 is 0 Å². The predicted molar refractivity (Wildman–Crippen MR) is 108 cm³/mol. The Morgan fingerprint density at radius 2 is 1.92 bits per heavy atom. The van der Waals surface area contributed by atoms with Crippen molar-refractivity contribution in [1.29, 1.82) is 0 Å². The van der Waals surface area contributed by atoms with Crippen molar-refractivity contribution in [1.82, 2.24) is 9.78 Å². The normalized spacial score (nSPS) is 13.9. The number of nitrogens with one attached hydrogen (secondary N) is 1. The highest BCUT2D eigenvalue weighted by molar-refractivity contribution is 9.10. The zero-order chi connectivity index (χ0) is 17.4. The van der Waals surface area contributed by atoms with Crippen molar-refractivity contribution in [3.05, 3.63) is 62.5 Å². The van der Waals surface area contributed by atoms with Crippen molar-refractivity contribution in [2.24, 2.45) is 0 Å². The molecule has 0 radical (unpaired) electrons. The van der Waals surface area contributed by atoms with Gasteiger partial charge in [0.05, 0.1) is 16.4 Å². The number of aromatic nitrogens is 2. The van der Waals surface area contributed by atoms with E-state index in [4.69, 9.17) is 28.3 Å². The van der Waals surface area contributed by atoms with E-state index in [0.29, 0.717) is 10.0 Å². The van der Waals surface area contributed by atoms with E-state index < -0.39 is 0 Å². The van der Waals surface area contributed by atoms with E-state index >= 15 is 0 Å². The summed E-state index contributed by atoms with van der Waals surface area (Å²) in [5.41, 5.74) is 3.96. The molecule has 1 aliphatic rings. The van der Waals surface area contributed by atoms with Crippen LogP contribution in [0.2, 0.25) is 10.0 Å². The van der Waals surface area contributed by atoms with Crippen molar-refractivity contribution in [3.63, 3.8) is 0 Å². The average Bonchev–Trinajstić information content (AvgIpc) is 2.79. The molecule has 128 valence electrons. The van der Waals surface area contributed by atoms with Crippen LogP contribution in [-0.4, -0.2) is 16.3 Å². The van der Waals surface area contributed by atoms with Crippen LogP contribution >= 0.6 is 39.1 Å². The predicted octanol–water partition coefficient (Wildman–Crippen LogP) is 6.36. The van der Waals surface area contributed by atoms with Crippen LogP contribution in [0, 0.1) is 0 Å². The van der Waals surface area contributed by atoms with Gasteiger partial charge >= 0.3 is 0 Å². The van der Waals surface area contributed by atoms with Crippen molar-refractivity contribution in [3.8, 4) is 16.9 Å². The quantitative estimate of drug-likeness (QED) is 0.506. The molecule has 1 N–H and O–H groups in total. The smallest absolute Gasteiger partial charge is 0.133 e. The fraction of sp³-hybridized carbons (Fsp3) is 0.211. The molecule has 25 heavy (non-hydrogen) atoms. The van der Waals surface area contributed by atoms with E-state index in [-0.39, 0.29) is 0 Å². The van der Waals surface area contributed by atoms with Crippen molar-refractivity contribution in [2.75, 3.05) is 11.9 Å². The van der Waals surface area contributed by atoms with Crippen LogP contribution in [-0.2, 0) is 6.42 Å². The van der Waals surface area contributed by atoms with Crippen LogP contribution in [0.25, 0.3) is 16.9 Å². The van der Waals surface area contributed by atoms with Gasteiger partial charge in [0, 0.05) is 27.2 Å². The Hall–Kier alpha value is -1.49. The van der Waals surface area contributed by atoms with E-state index in [9.17, 15) is 0 Å². The first-order chi connectivity index (χ1) is 12.1. The largest absolute Gasteiger partial charge is 0.370 e. The molecule has 6 heteroatoms. The maximum absolute atomic E-state index is 6.46. The highest BCUT2D eigenvalue weighted by Gasteiger charge is 2.23. The van der Waals surface area contributed by atoms with E-state index in [1.165, 1.54) is 5.56 Å². The van der Waals surface area contributed by atoms with Crippen LogP contribution < -0.4 is 5.32 Å². The van der Waals surface area contributed by atoms with Gasteiger partial charge in [0.1, 0.15) is 5.82 Å². The zero-order valence-corrected chi connectivity index (χ0v) is 16.5. The Morgan fingerprint density at radius 3 is 2.76 bits per heavy atom. The van der Waals surface area contributed by atoms with Crippen LogP contribution in [0.15, 0.2) is 46.9 Å². The summed E-state index contributed by atoms with van der Waals surface area (Å²) >= 11 is 16.3. The maximum Gasteiger partial charge on any atom is 0.133 e. The molecule has 0 amide bonds. The summed E-state index contributed by atoms with van der Waals surface area (Å²) in [6.07, 6.45) is 3.21.